The molecule has 44 heavy (non-hydrogen) atoms. The van der Waals surface area contributed by atoms with Crippen LogP contribution in [0.3, 0.4) is 0 Å². The number of aromatic nitrogens is 4. The molecular formula is C36H50N6O2. The number of nitrogens with one attached hydrogen (secondary N) is 2. The van der Waals surface area contributed by atoms with E-state index in [1.165, 1.54) is 12.8 Å². The Balaban J connectivity index is 0.994. The third-order valence-electron chi connectivity index (χ3n) is 9.40. The molecule has 4 aromatic rings. The van der Waals surface area contributed by atoms with Crippen LogP contribution in [-0.4, -0.2) is 43.2 Å². The molecule has 4 aromatic heterocycles. The average Bonchev–Trinajstić information content (AvgIpc) is 3.85. The molecule has 2 N–H and O–H groups in total. The highest BCUT2D eigenvalue weighted by Crippen LogP contribution is 2.38. The summed E-state index contributed by atoms with van der Waals surface area (Å²) in [7, 11) is 0. The molecule has 0 saturated heterocycles. The van der Waals surface area contributed by atoms with Gasteiger partial charge in [0.25, 0.3) is 0 Å². The summed E-state index contributed by atoms with van der Waals surface area (Å²) in [5.74, 6) is 1.48. The molecule has 236 valence electrons. The fourth-order valence-corrected chi connectivity index (χ4v) is 6.64. The van der Waals surface area contributed by atoms with Crippen molar-refractivity contribution in [2.45, 2.75) is 89.4 Å². The van der Waals surface area contributed by atoms with Crippen molar-refractivity contribution in [1.82, 2.24) is 28.9 Å². The standard InChI is InChI=1S/C36H50N6O2/c43-35(33(41-27-9-10-28-41)13-1-3-21-39-23-5-6-24-39)37-19-17-31-15-16-32(31)18-20-38-36(44)34(42-29-11-12-30-42)14-2-4-22-40-25-7-8-26-40/h5-12,23-34H,1-4,13-22H2,(H,37,43)(H,38,44)/t31?,32?,33-,34+. The molecule has 1 aliphatic rings. The lowest BCUT2D eigenvalue weighted by Gasteiger charge is -2.37. The van der Waals surface area contributed by atoms with Crippen LogP contribution in [0.25, 0.3) is 0 Å². The first-order valence-corrected chi connectivity index (χ1v) is 16.7. The van der Waals surface area contributed by atoms with Gasteiger partial charge in [0.05, 0.1) is 0 Å². The van der Waals surface area contributed by atoms with E-state index in [1.807, 2.05) is 58.2 Å². The van der Waals surface area contributed by atoms with Crippen LogP contribution in [0.15, 0.2) is 98.1 Å². The maximum absolute atomic E-state index is 13.2. The molecule has 0 aliphatic heterocycles. The summed E-state index contributed by atoms with van der Waals surface area (Å²) in [6, 6.07) is 15.8. The zero-order valence-electron chi connectivity index (χ0n) is 26.1. The summed E-state index contributed by atoms with van der Waals surface area (Å²) < 4.78 is 8.48. The van der Waals surface area contributed by atoms with E-state index in [9.17, 15) is 9.59 Å². The SMILES string of the molecule is O=C(NCCC1CCC1CCNC(=O)[C@H](CCCCn1cccc1)n1cccc1)[C@@H](CCCCn1cccc1)n1cccc1. The highest BCUT2D eigenvalue weighted by atomic mass is 16.2. The van der Waals surface area contributed by atoms with Crippen molar-refractivity contribution in [3.8, 4) is 0 Å². The Labute approximate surface area is 262 Å². The van der Waals surface area contributed by atoms with Crippen molar-refractivity contribution in [1.29, 1.82) is 0 Å². The van der Waals surface area contributed by atoms with Gasteiger partial charge in [0.15, 0.2) is 0 Å². The van der Waals surface area contributed by atoms with Gasteiger partial charge in [-0.15, -0.1) is 0 Å². The number of hydrogen-bond donors (Lipinski definition) is 2. The molecule has 2 amide bonds. The second-order valence-electron chi connectivity index (χ2n) is 12.4. The molecule has 0 radical (unpaired) electrons. The van der Waals surface area contributed by atoms with Crippen LogP contribution in [0.4, 0.5) is 0 Å². The van der Waals surface area contributed by atoms with E-state index in [4.69, 9.17) is 0 Å². The zero-order valence-corrected chi connectivity index (χ0v) is 26.1. The second kappa shape index (κ2) is 16.8. The summed E-state index contributed by atoms with van der Waals surface area (Å²) in [5.41, 5.74) is 0. The molecule has 0 spiro atoms. The number of rotatable bonds is 20. The van der Waals surface area contributed by atoms with Crippen LogP contribution in [-0.2, 0) is 22.7 Å². The van der Waals surface area contributed by atoms with E-state index in [-0.39, 0.29) is 23.9 Å². The molecule has 5 rings (SSSR count). The molecule has 8 heteroatoms. The van der Waals surface area contributed by atoms with Gasteiger partial charge in [0.2, 0.25) is 11.8 Å². The normalized spacial score (nSPS) is 17.5. The first-order chi connectivity index (χ1) is 21.7. The molecule has 2 unspecified atom stereocenters. The molecule has 8 nitrogen and oxygen atoms in total. The Bertz CT molecular complexity index is 1220. The van der Waals surface area contributed by atoms with Gasteiger partial charge >= 0.3 is 0 Å². The molecular weight excluding hydrogens is 548 g/mol. The third kappa shape index (κ3) is 9.28. The summed E-state index contributed by atoms with van der Waals surface area (Å²) in [4.78, 5) is 26.4. The summed E-state index contributed by atoms with van der Waals surface area (Å²) in [6.07, 6.45) is 26.6. The fourth-order valence-electron chi connectivity index (χ4n) is 6.64. The molecule has 1 fully saturated rings. The second-order valence-corrected chi connectivity index (χ2v) is 12.4. The van der Waals surface area contributed by atoms with Crippen molar-refractivity contribution >= 4 is 11.8 Å². The Hall–Kier alpha value is -3.94. The quantitative estimate of drug-likeness (QED) is 0.115. The van der Waals surface area contributed by atoms with Gasteiger partial charge in [0.1, 0.15) is 12.1 Å². The molecule has 0 bridgehead atoms. The lowest BCUT2D eigenvalue weighted by Crippen LogP contribution is -2.38. The minimum atomic E-state index is -0.163. The number of carbonyl (C=O) groups excluding carboxylic acids is 2. The molecule has 4 heterocycles. The van der Waals surface area contributed by atoms with Gasteiger partial charge in [-0.1, -0.05) is 0 Å². The van der Waals surface area contributed by atoms with E-state index in [0.717, 1.165) is 64.5 Å². The highest BCUT2D eigenvalue weighted by Gasteiger charge is 2.30. The number of unbranched alkanes of at least 4 members (excludes halogenated alkanes) is 2. The first kappa shape index (κ1) is 31.5. The van der Waals surface area contributed by atoms with Crippen molar-refractivity contribution < 1.29 is 9.59 Å². The van der Waals surface area contributed by atoms with Gasteiger partial charge in [-0.05, 0) is 125 Å². The topological polar surface area (TPSA) is 77.9 Å². The van der Waals surface area contributed by atoms with E-state index in [1.54, 1.807) is 0 Å². The van der Waals surface area contributed by atoms with Crippen LogP contribution in [0, 0.1) is 11.8 Å². The summed E-state index contributed by atoms with van der Waals surface area (Å²) >= 11 is 0. The van der Waals surface area contributed by atoms with E-state index in [2.05, 4.69) is 68.8 Å². The lowest BCUT2D eigenvalue weighted by atomic mass is 9.70. The molecule has 4 atom stereocenters. The van der Waals surface area contributed by atoms with Gasteiger partial charge in [-0.2, -0.15) is 0 Å². The predicted molar refractivity (Wildman–Crippen MR) is 175 cm³/mol. The van der Waals surface area contributed by atoms with E-state index in [0.29, 0.717) is 24.9 Å². The number of amides is 2. The maximum atomic E-state index is 13.2. The monoisotopic (exact) mass is 598 g/mol. The van der Waals surface area contributed by atoms with Crippen molar-refractivity contribution in [2.24, 2.45) is 11.8 Å². The fraction of sp³-hybridized carbons (Fsp3) is 0.500. The third-order valence-corrected chi connectivity index (χ3v) is 9.40. The van der Waals surface area contributed by atoms with Gasteiger partial charge in [-0.3, -0.25) is 9.59 Å². The Kier molecular flexibility index (Phi) is 12.0. The largest absolute Gasteiger partial charge is 0.354 e. The Morgan fingerprint density at radius 3 is 1.27 bits per heavy atom. The zero-order chi connectivity index (χ0) is 30.4. The minimum absolute atomic E-state index is 0.120. The van der Waals surface area contributed by atoms with Crippen molar-refractivity contribution in [3.63, 3.8) is 0 Å². The Morgan fingerprint density at radius 2 is 0.909 bits per heavy atom. The van der Waals surface area contributed by atoms with E-state index >= 15 is 0 Å². The van der Waals surface area contributed by atoms with Crippen LogP contribution in [0.5, 0.6) is 0 Å². The van der Waals surface area contributed by atoms with Crippen LogP contribution >= 0.6 is 0 Å². The number of hydrogen-bond acceptors (Lipinski definition) is 2. The number of nitrogens with zero attached hydrogens (tertiary/aromatic N) is 4. The average molecular weight is 599 g/mol. The molecule has 0 aromatic carbocycles. The smallest absolute Gasteiger partial charge is 0.243 e. The highest BCUT2D eigenvalue weighted by molar-refractivity contribution is 5.80. The van der Waals surface area contributed by atoms with Gasteiger partial charge < -0.3 is 28.9 Å². The number of aryl methyl sites for hydroxylation is 2. The van der Waals surface area contributed by atoms with Crippen molar-refractivity contribution in [3.05, 3.63) is 98.1 Å². The molecule has 1 saturated carbocycles. The Morgan fingerprint density at radius 1 is 0.545 bits per heavy atom. The van der Waals surface area contributed by atoms with Gasteiger partial charge in [-0.25, -0.2) is 0 Å². The molecule has 1 aliphatic carbocycles. The summed E-state index contributed by atoms with van der Waals surface area (Å²) in [5, 5.41) is 6.49. The lowest BCUT2D eigenvalue weighted by molar-refractivity contribution is -0.125. The van der Waals surface area contributed by atoms with Crippen LogP contribution in [0.2, 0.25) is 0 Å². The van der Waals surface area contributed by atoms with Crippen LogP contribution < -0.4 is 10.6 Å². The first-order valence-electron chi connectivity index (χ1n) is 16.7. The van der Waals surface area contributed by atoms with Crippen LogP contribution in [0.1, 0.15) is 76.3 Å². The van der Waals surface area contributed by atoms with Gasteiger partial charge in [0, 0.05) is 75.8 Å². The predicted octanol–water partition coefficient (Wildman–Crippen LogP) is 6.45. The number of carbonyl (C=O) groups is 2. The minimum Gasteiger partial charge on any atom is -0.354 e. The van der Waals surface area contributed by atoms with E-state index < -0.39 is 0 Å². The maximum Gasteiger partial charge on any atom is 0.243 e. The summed E-state index contributed by atoms with van der Waals surface area (Å²) in [6.45, 7) is 3.40. The van der Waals surface area contributed by atoms with Crippen molar-refractivity contribution in [2.75, 3.05) is 13.1 Å².